The molecular formula is C23H31N5O5S. The summed E-state index contributed by atoms with van der Waals surface area (Å²) in [4.78, 5) is 39.2. The average Bonchev–Trinajstić information content (AvgIpc) is 3.23. The van der Waals surface area contributed by atoms with Gasteiger partial charge in [-0.15, -0.1) is 5.10 Å². The molecule has 2 aromatic rings. The average molecular weight is 490 g/mol. The molecule has 0 N–H and O–H groups in total. The lowest BCUT2D eigenvalue weighted by Crippen LogP contribution is -2.52. The highest BCUT2D eigenvalue weighted by atomic mass is 32.2. The minimum atomic E-state index is -0.735. The Kier molecular flexibility index (Phi) is 8.65. The highest BCUT2D eigenvalue weighted by Crippen LogP contribution is 2.28. The molecule has 2 atom stereocenters. The van der Waals surface area contributed by atoms with Crippen LogP contribution in [-0.4, -0.2) is 73.5 Å². The van der Waals surface area contributed by atoms with Gasteiger partial charge in [0.05, 0.1) is 12.4 Å². The number of carbonyl (C=O) groups is 3. The minimum absolute atomic E-state index is 0.00630. The van der Waals surface area contributed by atoms with Crippen LogP contribution in [0.15, 0.2) is 35.5 Å². The maximum atomic E-state index is 12.7. The monoisotopic (exact) mass is 489 g/mol. The molecule has 3 rings (SSSR count). The van der Waals surface area contributed by atoms with Gasteiger partial charge in [-0.25, -0.2) is 14.3 Å². The molecule has 1 aliphatic heterocycles. The number of hydrogen-bond acceptors (Lipinski definition) is 9. The van der Waals surface area contributed by atoms with Crippen molar-refractivity contribution in [2.75, 3.05) is 18.9 Å². The van der Waals surface area contributed by atoms with Gasteiger partial charge < -0.3 is 9.47 Å². The van der Waals surface area contributed by atoms with Crippen LogP contribution in [-0.2, 0) is 20.8 Å². The van der Waals surface area contributed by atoms with Crippen LogP contribution in [0.25, 0.3) is 0 Å². The van der Waals surface area contributed by atoms with Crippen molar-refractivity contribution in [2.24, 2.45) is 5.92 Å². The lowest BCUT2D eigenvalue weighted by atomic mass is 9.91. The van der Waals surface area contributed by atoms with Crippen LogP contribution >= 0.6 is 11.8 Å². The Morgan fingerprint density at radius 2 is 1.91 bits per heavy atom. The van der Waals surface area contributed by atoms with Crippen molar-refractivity contribution in [3.05, 3.63) is 35.9 Å². The Bertz CT molecular complexity index is 991. The second-order valence-corrected chi connectivity index (χ2v) is 10.00. The van der Waals surface area contributed by atoms with Gasteiger partial charge in [-0.2, -0.15) is 0 Å². The molecular weight excluding hydrogens is 458 g/mol. The third kappa shape index (κ3) is 7.02. The number of nitrogens with zero attached hydrogens (tertiary/aromatic N) is 5. The van der Waals surface area contributed by atoms with Gasteiger partial charge in [0, 0.05) is 18.7 Å². The fraction of sp³-hybridized carbons (Fsp3) is 0.565. The Morgan fingerprint density at radius 1 is 1.18 bits per heavy atom. The predicted molar refractivity (Wildman–Crippen MR) is 125 cm³/mol. The molecule has 1 aromatic carbocycles. The van der Waals surface area contributed by atoms with Crippen LogP contribution in [0, 0.1) is 5.92 Å². The summed E-state index contributed by atoms with van der Waals surface area (Å²) in [6, 6.07) is 8.33. The Balaban J connectivity index is 1.64. The largest absolute Gasteiger partial charge is 0.464 e. The number of amides is 1. The number of hydrogen-bond donors (Lipinski definition) is 0. The molecule has 1 saturated heterocycles. The van der Waals surface area contributed by atoms with E-state index in [0.29, 0.717) is 36.7 Å². The molecule has 0 radical (unpaired) electrons. The third-order valence-corrected chi connectivity index (χ3v) is 6.21. The zero-order valence-electron chi connectivity index (χ0n) is 20.0. The van der Waals surface area contributed by atoms with Gasteiger partial charge in [0.1, 0.15) is 11.6 Å². The smallest absolute Gasteiger partial charge is 0.411 e. The molecule has 0 spiro atoms. The van der Waals surface area contributed by atoms with Crippen molar-refractivity contribution in [2.45, 2.75) is 63.9 Å². The summed E-state index contributed by atoms with van der Waals surface area (Å²) in [6.07, 6.45) is 0.537. The van der Waals surface area contributed by atoms with Gasteiger partial charge in [-0.1, -0.05) is 42.1 Å². The number of thioether (sulfide) groups is 1. The summed E-state index contributed by atoms with van der Waals surface area (Å²) in [5.74, 6) is -0.195. The zero-order valence-corrected chi connectivity index (χ0v) is 20.8. The zero-order chi connectivity index (χ0) is 24.7. The normalized spacial score (nSPS) is 18.4. The maximum Gasteiger partial charge on any atom is 0.411 e. The summed E-state index contributed by atoms with van der Waals surface area (Å²) in [7, 11) is 0. The minimum Gasteiger partial charge on any atom is -0.464 e. The number of esters is 1. The summed E-state index contributed by atoms with van der Waals surface area (Å²) in [5.41, 5.74) is -0.0242. The summed E-state index contributed by atoms with van der Waals surface area (Å²) < 4.78 is 12.4. The predicted octanol–water partition coefficient (Wildman–Crippen LogP) is 3.23. The van der Waals surface area contributed by atoms with Crippen molar-refractivity contribution in [3.63, 3.8) is 0 Å². The highest BCUT2D eigenvalue weighted by molar-refractivity contribution is 7.99. The highest BCUT2D eigenvalue weighted by Gasteiger charge is 2.39. The van der Waals surface area contributed by atoms with Gasteiger partial charge in [0.2, 0.25) is 5.16 Å². The Hall–Kier alpha value is -2.95. The molecule has 1 fully saturated rings. The van der Waals surface area contributed by atoms with E-state index in [1.165, 1.54) is 16.7 Å². The van der Waals surface area contributed by atoms with Crippen LogP contribution in [0.5, 0.6) is 0 Å². The van der Waals surface area contributed by atoms with Crippen LogP contribution in [0.4, 0.5) is 4.79 Å². The molecule has 10 nitrogen and oxygen atoms in total. The first-order valence-electron chi connectivity index (χ1n) is 11.3. The van der Waals surface area contributed by atoms with Crippen LogP contribution in [0.2, 0.25) is 0 Å². The molecule has 1 aliphatic rings. The lowest BCUT2D eigenvalue weighted by molar-refractivity contribution is -0.151. The summed E-state index contributed by atoms with van der Waals surface area (Å²) in [5, 5.41) is 12.4. The second kappa shape index (κ2) is 11.5. The molecule has 0 aliphatic carbocycles. The van der Waals surface area contributed by atoms with Crippen molar-refractivity contribution in [1.29, 1.82) is 0 Å². The molecule has 11 heteroatoms. The number of carbonyl (C=O) groups excluding carboxylic acids is 3. The number of rotatable bonds is 8. The standard InChI is InChI=1S/C23H31N5O5S/c1-5-32-20(30)18-13-16(11-12-27(18)22(31)33-23(2,3)4)14-28-21(24-25-26-28)34-15-19(29)17-9-7-6-8-10-17/h6-10,16,18H,5,11-15H2,1-4H3. The van der Waals surface area contributed by atoms with E-state index < -0.39 is 23.7 Å². The lowest BCUT2D eigenvalue weighted by Gasteiger charge is -2.38. The molecule has 2 unspecified atom stereocenters. The maximum absolute atomic E-state index is 12.7. The number of piperidine rings is 1. The van der Waals surface area contributed by atoms with E-state index >= 15 is 0 Å². The first-order valence-corrected chi connectivity index (χ1v) is 12.3. The van der Waals surface area contributed by atoms with Crippen molar-refractivity contribution < 1.29 is 23.9 Å². The fourth-order valence-corrected chi connectivity index (χ4v) is 4.48. The van der Waals surface area contributed by atoms with E-state index in [-0.39, 0.29) is 24.1 Å². The number of aromatic nitrogens is 4. The van der Waals surface area contributed by atoms with Crippen molar-refractivity contribution >= 4 is 29.6 Å². The quantitative estimate of drug-likeness (QED) is 0.313. The summed E-state index contributed by atoms with van der Waals surface area (Å²) in [6.45, 7) is 8.15. The molecule has 0 saturated carbocycles. The molecule has 0 bridgehead atoms. The second-order valence-electron chi connectivity index (χ2n) is 9.05. The van der Waals surface area contributed by atoms with E-state index in [1.54, 1.807) is 44.5 Å². The van der Waals surface area contributed by atoms with Gasteiger partial charge >= 0.3 is 12.1 Å². The third-order valence-electron chi connectivity index (χ3n) is 5.26. The molecule has 184 valence electrons. The van der Waals surface area contributed by atoms with Gasteiger partial charge in [-0.05, 0) is 56.9 Å². The van der Waals surface area contributed by atoms with Crippen LogP contribution < -0.4 is 0 Å². The first kappa shape index (κ1) is 25.7. The van der Waals surface area contributed by atoms with Crippen LogP contribution in [0.1, 0.15) is 50.9 Å². The van der Waals surface area contributed by atoms with Gasteiger partial charge in [-0.3, -0.25) is 9.69 Å². The molecule has 2 heterocycles. The van der Waals surface area contributed by atoms with E-state index in [4.69, 9.17) is 9.47 Å². The van der Waals surface area contributed by atoms with Crippen LogP contribution in [0.3, 0.4) is 0 Å². The van der Waals surface area contributed by atoms with E-state index in [9.17, 15) is 14.4 Å². The number of tetrazole rings is 1. The number of ether oxygens (including phenoxy) is 2. The number of likely N-dealkylation sites (tertiary alicyclic amines) is 1. The van der Waals surface area contributed by atoms with Crippen molar-refractivity contribution in [1.82, 2.24) is 25.1 Å². The molecule has 1 aromatic heterocycles. The Labute approximate surface area is 203 Å². The first-order chi connectivity index (χ1) is 16.2. The Morgan fingerprint density at radius 3 is 2.59 bits per heavy atom. The number of Topliss-reactive ketones (excluding diaryl/α,β-unsaturated/α-hetero) is 1. The van der Waals surface area contributed by atoms with E-state index in [1.807, 2.05) is 18.2 Å². The molecule has 34 heavy (non-hydrogen) atoms. The van der Waals surface area contributed by atoms with E-state index in [2.05, 4.69) is 15.5 Å². The fourth-order valence-electron chi connectivity index (χ4n) is 3.70. The number of benzene rings is 1. The van der Waals surface area contributed by atoms with Crippen molar-refractivity contribution in [3.8, 4) is 0 Å². The van der Waals surface area contributed by atoms with Gasteiger partial charge in [0.15, 0.2) is 5.78 Å². The number of ketones is 1. The SMILES string of the molecule is CCOC(=O)C1CC(Cn2nnnc2SCC(=O)c2ccccc2)CCN1C(=O)OC(C)(C)C. The topological polar surface area (TPSA) is 117 Å². The summed E-state index contributed by atoms with van der Waals surface area (Å²) >= 11 is 1.27. The van der Waals surface area contributed by atoms with Gasteiger partial charge in [0.25, 0.3) is 0 Å². The molecule has 1 amide bonds. The van der Waals surface area contributed by atoms with E-state index in [0.717, 1.165) is 0 Å².